The SMILES string of the molecule is Bc1cc(Br)cc(-c2ccccn2)c1. The summed E-state index contributed by atoms with van der Waals surface area (Å²) in [5.41, 5.74) is 3.40. The second-order valence-electron chi connectivity index (χ2n) is 3.23. The molecule has 0 N–H and O–H groups in total. The molecule has 2 aromatic rings. The lowest BCUT2D eigenvalue weighted by Gasteiger charge is -2.02. The van der Waals surface area contributed by atoms with Crippen LogP contribution >= 0.6 is 15.9 Å². The molecule has 3 heteroatoms. The van der Waals surface area contributed by atoms with Crippen molar-refractivity contribution in [2.75, 3.05) is 0 Å². The van der Waals surface area contributed by atoms with Crippen molar-refractivity contribution in [3.05, 3.63) is 47.1 Å². The lowest BCUT2D eigenvalue weighted by molar-refractivity contribution is 1.33. The van der Waals surface area contributed by atoms with E-state index in [1.54, 1.807) is 0 Å². The molecule has 0 unspecified atom stereocenters. The van der Waals surface area contributed by atoms with Crippen LogP contribution in [-0.2, 0) is 0 Å². The van der Waals surface area contributed by atoms with Crippen LogP contribution < -0.4 is 5.46 Å². The number of hydrogen-bond donors (Lipinski definition) is 0. The van der Waals surface area contributed by atoms with Crippen molar-refractivity contribution in [1.82, 2.24) is 4.98 Å². The van der Waals surface area contributed by atoms with Crippen LogP contribution in [-0.4, -0.2) is 12.8 Å². The van der Waals surface area contributed by atoms with Crippen molar-refractivity contribution in [3.63, 3.8) is 0 Å². The van der Waals surface area contributed by atoms with Crippen LogP contribution in [0.4, 0.5) is 0 Å². The van der Waals surface area contributed by atoms with Gasteiger partial charge in [-0.1, -0.05) is 39.6 Å². The monoisotopic (exact) mass is 245 g/mol. The van der Waals surface area contributed by atoms with Crippen molar-refractivity contribution in [2.24, 2.45) is 0 Å². The van der Waals surface area contributed by atoms with E-state index in [4.69, 9.17) is 0 Å². The minimum atomic E-state index is 1.01. The second-order valence-corrected chi connectivity index (χ2v) is 4.15. The molecule has 1 heterocycles. The summed E-state index contributed by atoms with van der Waals surface area (Å²) < 4.78 is 1.10. The average Bonchev–Trinajstić information content (AvgIpc) is 2.18. The van der Waals surface area contributed by atoms with Gasteiger partial charge in [-0.25, -0.2) is 0 Å². The van der Waals surface area contributed by atoms with Gasteiger partial charge in [-0.05, 0) is 18.2 Å². The molecule has 0 aliphatic heterocycles. The molecule has 0 radical (unpaired) electrons. The first-order valence-corrected chi connectivity index (χ1v) is 5.23. The van der Waals surface area contributed by atoms with Crippen LogP contribution in [0.25, 0.3) is 11.3 Å². The maximum atomic E-state index is 4.31. The van der Waals surface area contributed by atoms with Crippen LogP contribution in [0.2, 0.25) is 0 Å². The summed E-state index contributed by atoms with van der Waals surface area (Å²) in [4.78, 5) is 4.31. The van der Waals surface area contributed by atoms with E-state index < -0.39 is 0 Å². The summed E-state index contributed by atoms with van der Waals surface area (Å²) in [6.07, 6.45) is 1.81. The van der Waals surface area contributed by atoms with Gasteiger partial charge in [0.2, 0.25) is 0 Å². The first-order chi connectivity index (χ1) is 6.75. The molecule has 0 saturated heterocycles. The molecule has 0 aliphatic rings. The number of aromatic nitrogens is 1. The van der Waals surface area contributed by atoms with Gasteiger partial charge in [0, 0.05) is 16.2 Å². The minimum Gasteiger partial charge on any atom is -0.256 e. The van der Waals surface area contributed by atoms with Crippen LogP contribution in [0.1, 0.15) is 0 Å². The van der Waals surface area contributed by atoms with Crippen molar-refractivity contribution in [2.45, 2.75) is 0 Å². The Labute approximate surface area is 92.7 Å². The summed E-state index contributed by atoms with van der Waals surface area (Å²) in [6.45, 7) is 0. The van der Waals surface area contributed by atoms with E-state index in [-0.39, 0.29) is 0 Å². The Kier molecular flexibility index (Phi) is 2.68. The number of pyridine rings is 1. The first-order valence-electron chi connectivity index (χ1n) is 4.44. The third-order valence-electron chi connectivity index (χ3n) is 2.00. The Morgan fingerprint density at radius 1 is 1.14 bits per heavy atom. The zero-order valence-electron chi connectivity index (χ0n) is 7.87. The van der Waals surface area contributed by atoms with E-state index in [9.17, 15) is 0 Å². The Morgan fingerprint density at radius 2 is 2.00 bits per heavy atom. The Balaban J connectivity index is 2.52. The molecule has 1 aromatic heterocycles. The molecule has 0 amide bonds. The molecule has 0 fully saturated rings. The first kappa shape index (κ1) is 9.47. The number of halogens is 1. The van der Waals surface area contributed by atoms with Gasteiger partial charge in [0.1, 0.15) is 7.85 Å². The van der Waals surface area contributed by atoms with Gasteiger partial charge < -0.3 is 0 Å². The maximum absolute atomic E-state index is 4.31. The van der Waals surface area contributed by atoms with Gasteiger partial charge in [-0.3, -0.25) is 4.98 Å². The number of rotatable bonds is 1. The van der Waals surface area contributed by atoms with Gasteiger partial charge in [0.25, 0.3) is 0 Å². The van der Waals surface area contributed by atoms with Crippen molar-refractivity contribution < 1.29 is 0 Å². The van der Waals surface area contributed by atoms with Crippen LogP contribution in [0.5, 0.6) is 0 Å². The predicted molar refractivity (Wildman–Crippen MR) is 65.6 cm³/mol. The second kappa shape index (κ2) is 3.97. The summed E-state index contributed by atoms with van der Waals surface area (Å²) in [5, 5.41) is 0. The highest BCUT2D eigenvalue weighted by Crippen LogP contribution is 2.19. The Bertz CT molecular complexity index is 422. The highest BCUT2D eigenvalue weighted by atomic mass is 79.9. The van der Waals surface area contributed by atoms with Gasteiger partial charge in [0.05, 0.1) is 5.69 Å². The van der Waals surface area contributed by atoms with E-state index in [0.29, 0.717) is 0 Å². The molecule has 1 nitrogen and oxygen atoms in total. The van der Waals surface area contributed by atoms with Gasteiger partial charge in [-0.2, -0.15) is 0 Å². The molecule has 0 aliphatic carbocycles. The zero-order valence-corrected chi connectivity index (χ0v) is 9.45. The van der Waals surface area contributed by atoms with Crippen molar-refractivity contribution >= 4 is 29.2 Å². The van der Waals surface area contributed by atoms with E-state index in [0.717, 1.165) is 15.7 Å². The Morgan fingerprint density at radius 3 is 2.64 bits per heavy atom. The molecular weight excluding hydrogens is 237 g/mol. The number of hydrogen-bond acceptors (Lipinski definition) is 1. The van der Waals surface area contributed by atoms with E-state index in [2.05, 4.69) is 47.0 Å². The smallest absolute Gasteiger partial charge is 0.139 e. The molecule has 0 saturated carbocycles. The lowest BCUT2D eigenvalue weighted by atomic mass is 9.93. The zero-order chi connectivity index (χ0) is 9.97. The summed E-state index contributed by atoms with van der Waals surface area (Å²) >= 11 is 3.48. The predicted octanol–water partition coefficient (Wildman–Crippen LogP) is 1.77. The fourth-order valence-corrected chi connectivity index (χ4v) is 2.03. The molecule has 1 aromatic carbocycles. The third kappa shape index (κ3) is 2.04. The molecule has 68 valence electrons. The molecule has 0 atom stereocenters. The van der Waals surface area contributed by atoms with Gasteiger partial charge in [-0.15, -0.1) is 0 Å². The van der Waals surface area contributed by atoms with Crippen LogP contribution in [0, 0.1) is 0 Å². The number of nitrogens with zero attached hydrogens (tertiary/aromatic N) is 1. The molecule has 2 rings (SSSR count). The highest BCUT2D eigenvalue weighted by molar-refractivity contribution is 9.10. The van der Waals surface area contributed by atoms with E-state index in [1.165, 1.54) is 5.46 Å². The maximum Gasteiger partial charge on any atom is 0.139 e. The largest absolute Gasteiger partial charge is 0.256 e. The standard InChI is InChI=1S/C11H9BBrN/c12-9-5-8(6-10(13)7-9)11-3-1-2-4-14-11/h1-7H,12H2. The lowest BCUT2D eigenvalue weighted by Crippen LogP contribution is -2.01. The molecular formula is C11H9BBrN. The quantitative estimate of drug-likeness (QED) is 0.698. The average molecular weight is 246 g/mol. The molecule has 0 spiro atoms. The minimum absolute atomic E-state index is 1.01. The summed E-state index contributed by atoms with van der Waals surface area (Å²) in [7, 11) is 2.08. The highest BCUT2D eigenvalue weighted by Gasteiger charge is 1.99. The molecule has 14 heavy (non-hydrogen) atoms. The van der Waals surface area contributed by atoms with Gasteiger partial charge >= 0.3 is 0 Å². The van der Waals surface area contributed by atoms with E-state index in [1.807, 2.05) is 24.4 Å². The molecule has 0 bridgehead atoms. The van der Waals surface area contributed by atoms with Crippen molar-refractivity contribution in [1.29, 1.82) is 0 Å². The topological polar surface area (TPSA) is 12.9 Å². The fourth-order valence-electron chi connectivity index (χ4n) is 1.42. The Hall–Kier alpha value is -1.09. The van der Waals surface area contributed by atoms with Gasteiger partial charge in [0.15, 0.2) is 0 Å². The van der Waals surface area contributed by atoms with Crippen molar-refractivity contribution in [3.8, 4) is 11.3 Å². The normalized spacial score (nSPS) is 10.1. The van der Waals surface area contributed by atoms with E-state index >= 15 is 0 Å². The van der Waals surface area contributed by atoms with Crippen LogP contribution in [0.15, 0.2) is 47.1 Å². The van der Waals surface area contributed by atoms with Crippen LogP contribution in [0.3, 0.4) is 0 Å². The number of benzene rings is 1. The summed E-state index contributed by atoms with van der Waals surface area (Å²) in [6, 6.07) is 12.2. The third-order valence-corrected chi connectivity index (χ3v) is 2.46. The fraction of sp³-hybridized carbons (Fsp3) is 0. The summed E-state index contributed by atoms with van der Waals surface area (Å²) in [5.74, 6) is 0.